The topological polar surface area (TPSA) is 70.4 Å². The maximum absolute atomic E-state index is 12.7. The van der Waals surface area contributed by atoms with Crippen LogP contribution in [0.2, 0.25) is 0 Å². The first-order chi connectivity index (χ1) is 12.6. The zero-order chi connectivity index (χ0) is 18.5. The average Bonchev–Trinajstić information content (AvgIpc) is 3.03. The molecule has 140 valence electrons. The Bertz CT molecular complexity index is 734. The Kier molecular flexibility index (Phi) is 6.45. The summed E-state index contributed by atoms with van der Waals surface area (Å²) in [6.45, 7) is 5.25. The number of hydrogen-bond acceptors (Lipinski definition) is 4. The molecule has 1 amide bonds. The monoisotopic (exact) mass is 420 g/mol. The lowest BCUT2D eigenvalue weighted by atomic mass is 9.91. The molecule has 0 saturated carbocycles. The van der Waals surface area contributed by atoms with E-state index < -0.39 is 0 Å². The number of likely N-dealkylation sites (tertiary alicyclic amines) is 1. The van der Waals surface area contributed by atoms with Gasteiger partial charge in [0.1, 0.15) is 4.60 Å². The molecule has 1 aliphatic rings. The van der Waals surface area contributed by atoms with Crippen LogP contribution >= 0.6 is 15.9 Å². The van der Waals surface area contributed by atoms with Gasteiger partial charge in [-0.2, -0.15) is 5.10 Å². The molecule has 3 rings (SSSR count). The lowest BCUT2D eigenvalue weighted by Crippen LogP contribution is -2.53. The van der Waals surface area contributed by atoms with Crippen molar-refractivity contribution in [1.29, 1.82) is 0 Å². The van der Waals surface area contributed by atoms with Gasteiger partial charge < -0.3 is 10.4 Å². The van der Waals surface area contributed by atoms with Crippen molar-refractivity contribution in [2.45, 2.75) is 32.5 Å². The van der Waals surface area contributed by atoms with E-state index in [-0.39, 0.29) is 24.5 Å². The van der Waals surface area contributed by atoms with Gasteiger partial charge in [-0.15, -0.1) is 0 Å². The molecular weight excluding hydrogens is 396 g/mol. The number of benzene rings is 1. The molecule has 1 aromatic heterocycles. The summed E-state index contributed by atoms with van der Waals surface area (Å²) in [6, 6.07) is 10.2. The first-order valence-corrected chi connectivity index (χ1v) is 9.81. The number of nitrogens with zero attached hydrogens (tertiary/aromatic N) is 3. The summed E-state index contributed by atoms with van der Waals surface area (Å²) in [7, 11) is 0. The molecule has 0 aliphatic carbocycles. The molecule has 1 aliphatic heterocycles. The quantitative estimate of drug-likeness (QED) is 0.751. The number of aliphatic hydroxyl groups excluding tert-OH is 1. The van der Waals surface area contributed by atoms with E-state index in [1.807, 2.05) is 25.1 Å². The maximum atomic E-state index is 12.7. The summed E-state index contributed by atoms with van der Waals surface area (Å²) in [5, 5.41) is 17.0. The van der Waals surface area contributed by atoms with E-state index >= 15 is 0 Å². The fourth-order valence-corrected chi connectivity index (χ4v) is 4.05. The molecule has 2 unspecified atom stereocenters. The van der Waals surface area contributed by atoms with Gasteiger partial charge in [0, 0.05) is 38.2 Å². The molecule has 6 nitrogen and oxygen atoms in total. The SMILES string of the molecule is CCn1ncc(C(=O)NC2CN(Cc3ccccc3)CCC2CO)c1Br. The van der Waals surface area contributed by atoms with Crippen molar-refractivity contribution in [3.8, 4) is 0 Å². The zero-order valence-corrected chi connectivity index (χ0v) is 16.5. The molecule has 0 spiro atoms. The van der Waals surface area contributed by atoms with Gasteiger partial charge in [0.05, 0.1) is 11.8 Å². The van der Waals surface area contributed by atoms with Crippen molar-refractivity contribution in [2.24, 2.45) is 5.92 Å². The summed E-state index contributed by atoms with van der Waals surface area (Å²) in [5.41, 5.74) is 1.79. The number of halogens is 1. The third-order valence-corrected chi connectivity index (χ3v) is 5.80. The summed E-state index contributed by atoms with van der Waals surface area (Å²) >= 11 is 3.45. The Labute approximate surface area is 162 Å². The predicted molar refractivity (Wildman–Crippen MR) is 104 cm³/mol. The minimum atomic E-state index is -0.151. The third-order valence-electron chi connectivity index (χ3n) is 4.96. The van der Waals surface area contributed by atoms with Crippen molar-refractivity contribution < 1.29 is 9.90 Å². The number of carbonyl (C=O) groups is 1. The summed E-state index contributed by atoms with van der Waals surface area (Å²) in [5.74, 6) is -0.0763. The highest BCUT2D eigenvalue weighted by Gasteiger charge is 2.31. The number of nitrogens with one attached hydrogen (secondary N) is 1. The molecule has 7 heteroatoms. The van der Waals surface area contributed by atoms with Crippen LogP contribution in [0, 0.1) is 5.92 Å². The van der Waals surface area contributed by atoms with Gasteiger partial charge in [-0.3, -0.25) is 14.4 Å². The highest BCUT2D eigenvalue weighted by molar-refractivity contribution is 9.10. The first kappa shape index (κ1) is 19.1. The number of piperidine rings is 1. The average molecular weight is 421 g/mol. The molecule has 2 aromatic rings. The van der Waals surface area contributed by atoms with Gasteiger partial charge in [-0.25, -0.2) is 0 Å². The first-order valence-electron chi connectivity index (χ1n) is 9.01. The van der Waals surface area contributed by atoms with E-state index in [0.29, 0.717) is 16.7 Å². The zero-order valence-electron chi connectivity index (χ0n) is 14.9. The van der Waals surface area contributed by atoms with Crippen LogP contribution in [0.1, 0.15) is 29.3 Å². The number of aryl methyl sites for hydroxylation is 1. The molecule has 0 radical (unpaired) electrons. The van der Waals surface area contributed by atoms with Crippen LogP contribution < -0.4 is 5.32 Å². The van der Waals surface area contributed by atoms with E-state index in [1.54, 1.807) is 10.9 Å². The summed E-state index contributed by atoms with van der Waals surface area (Å²) in [4.78, 5) is 15.0. The van der Waals surface area contributed by atoms with Crippen LogP contribution in [0.3, 0.4) is 0 Å². The molecule has 2 N–H and O–H groups in total. The number of rotatable bonds is 6. The van der Waals surface area contributed by atoms with Gasteiger partial charge >= 0.3 is 0 Å². The Hall–Kier alpha value is -1.70. The van der Waals surface area contributed by atoms with Crippen LogP contribution in [-0.4, -0.2) is 51.4 Å². The van der Waals surface area contributed by atoms with Crippen LogP contribution in [0.5, 0.6) is 0 Å². The molecule has 1 saturated heterocycles. The van der Waals surface area contributed by atoms with Crippen molar-refractivity contribution in [1.82, 2.24) is 20.0 Å². The standard InChI is InChI=1S/C19H25BrN4O2/c1-2-24-18(20)16(10-21-24)19(26)22-17-12-23(9-8-15(17)13-25)11-14-6-4-3-5-7-14/h3-7,10,15,17,25H,2,8-9,11-13H2,1H3,(H,22,26). The lowest BCUT2D eigenvalue weighted by molar-refractivity contribution is 0.0730. The van der Waals surface area contributed by atoms with Crippen molar-refractivity contribution in [3.63, 3.8) is 0 Å². The molecular formula is C19H25BrN4O2. The van der Waals surface area contributed by atoms with E-state index in [0.717, 1.165) is 26.1 Å². The molecule has 0 bridgehead atoms. The molecule has 1 aromatic carbocycles. The number of aromatic nitrogens is 2. The van der Waals surface area contributed by atoms with Gasteiger partial charge in [-0.1, -0.05) is 30.3 Å². The van der Waals surface area contributed by atoms with Crippen LogP contribution in [0.15, 0.2) is 41.1 Å². The Morgan fingerprint density at radius 3 is 2.81 bits per heavy atom. The van der Waals surface area contributed by atoms with Gasteiger partial charge in [0.15, 0.2) is 0 Å². The van der Waals surface area contributed by atoms with E-state index in [1.165, 1.54) is 5.56 Å². The fourth-order valence-electron chi connectivity index (χ4n) is 3.42. The largest absolute Gasteiger partial charge is 0.396 e. The number of hydrogen-bond donors (Lipinski definition) is 2. The number of aliphatic hydroxyl groups is 1. The minimum absolute atomic E-state index is 0.0750. The maximum Gasteiger partial charge on any atom is 0.255 e. The molecule has 2 atom stereocenters. The predicted octanol–water partition coefficient (Wildman–Crippen LogP) is 2.28. The van der Waals surface area contributed by atoms with Crippen LogP contribution in [0.25, 0.3) is 0 Å². The van der Waals surface area contributed by atoms with E-state index in [9.17, 15) is 9.90 Å². The summed E-state index contributed by atoms with van der Waals surface area (Å²) < 4.78 is 2.43. The normalized spacial score (nSPS) is 20.9. The Morgan fingerprint density at radius 2 is 2.15 bits per heavy atom. The van der Waals surface area contributed by atoms with Crippen LogP contribution in [0.4, 0.5) is 0 Å². The highest BCUT2D eigenvalue weighted by Crippen LogP contribution is 2.21. The second-order valence-corrected chi connectivity index (χ2v) is 7.45. The van der Waals surface area contributed by atoms with Crippen molar-refractivity contribution in [2.75, 3.05) is 19.7 Å². The van der Waals surface area contributed by atoms with Gasteiger partial charge in [0.25, 0.3) is 5.91 Å². The minimum Gasteiger partial charge on any atom is -0.396 e. The second kappa shape index (κ2) is 8.79. The Balaban J connectivity index is 1.67. The lowest BCUT2D eigenvalue weighted by Gasteiger charge is -2.38. The molecule has 1 fully saturated rings. The highest BCUT2D eigenvalue weighted by atomic mass is 79.9. The number of carbonyl (C=O) groups excluding carboxylic acids is 1. The fraction of sp³-hybridized carbons (Fsp3) is 0.474. The third kappa shape index (κ3) is 4.34. The van der Waals surface area contributed by atoms with Crippen molar-refractivity contribution in [3.05, 3.63) is 52.3 Å². The van der Waals surface area contributed by atoms with Gasteiger partial charge in [0.2, 0.25) is 0 Å². The van der Waals surface area contributed by atoms with Gasteiger partial charge in [-0.05, 0) is 41.4 Å². The molecule has 2 heterocycles. The number of amides is 1. The van der Waals surface area contributed by atoms with Crippen LogP contribution in [-0.2, 0) is 13.1 Å². The van der Waals surface area contributed by atoms with Crippen molar-refractivity contribution >= 4 is 21.8 Å². The summed E-state index contributed by atoms with van der Waals surface area (Å²) in [6.07, 6.45) is 2.45. The molecule has 26 heavy (non-hydrogen) atoms. The van der Waals surface area contributed by atoms with E-state index in [4.69, 9.17) is 0 Å². The second-order valence-electron chi connectivity index (χ2n) is 6.70. The smallest absolute Gasteiger partial charge is 0.255 e. The van der Waals surface area contributed by atoms with E-state index in [2.05, 4.69) is 43.4 Å². The Morgan fingerprint density at radius 1 is 1.38 bits per heavy atom.